The molecule has 0 aliphatic carbocycles. The number of anilines is 1. The highest BCUT2D eigenvalue weighted by Gasteiger charge is 2.40. The number of hydrogen-bond donors (Lipinski definition) is 0. The van der Waals surface area contributed by atoms with E-state index in [2.05, 4.69) is 0 Å². The van der Waals surface area contributed by atoms with E-state index in [4.69, 9.17) is 0 Å². The average molecular weight is 366 g/mol. The fourth-order valence-electron chi connectivity index (χ4n) is 4.20. The van der Waals surface area contributed by atoms with Crippen LogP contribution in [0.5, 0.6) is 0 Å². The number of carbonyl (C=O) groups excluding carboxylic acids is 2. The number of para-hydroxylation sites is 1. The molecule has 2 aliphatic heterocycles. The maximum absolute atomic E-state index is 13.1. The Morgan fingerprint density at radius 2 is 1.81 bits per heavy atom. The van der Waals surface area contributed by atoms with Crippen LogP contribution in [-0.4, -0.2) is 35.8 Å². The SMILES string of the molecule is O=C1CC(C(=O)N2CCCC2Cc2ccc(F)cc2)CN1c1ccccc1. The number of nitrogens with zero attached hydrogens (tertiary/aromatic N) is 2. The van der Waals surface area contributed by atoms with E-state index in [1.165, 1.54) is 12.1 Å². The molecule has 140 valence electrons. The molecule has 2 aliphatic rings. The molecule has 0 spiro atoms. The predicted molar refractivity (Wildman–Crippen MR) is 102 cm³/mol. The molecule has 0 saturated carbocycles. The van der Waals surface area contributed by atoms with Gasteiger partial charge < -0.3 is 9.80 Å². The van der Waals surface area contributed by atoms with Gasteiger partial charge in [-0.2, -0.15) is 0 Å². The molecule has 4 rings (SSSR count). The van der Waals surface area contributed by atoms with Gasteiger partial charge in [0.25, 0.3) is 0 Å². The van der Waals surface area contributed by atoms with Crippen LogP contribution in [0.4, 0.5) is 10.1 Å². The molecule has 2 atom stereocenters. The van der Waals surface area contributed by atoms with Crippen LogP contribution in [0.1, 0.15) is 24.8 Å². The molecule has 4 nitrogen and oxygen atoms in total. The molecule has 2 aromatic rings. The van der Waals surface area contributed by atoms with Crippen molar-refractivity contribution in [2.75, 3.05) is 18.0 Å². The zero-order chi connectivity index (χ0) is 18.8. The average Bonchev–Trinajstić information content (AvgIpc) is 3.30. The first-order valence-corrected chi connectivity index (χ1v) is 9.52. The van der Waals surface area contributed by atoms with Gasteiger partial charge in [0.05, 0.1) is 5.92 Å². The minimum atomic E-state index is -0.286. The molecule has 2 fully saturated rings. The van der Waals surface area contributed by atoms with Crippen molar-refractivity contribution in [1.82, 2.24) is 4.90 Å². The van der Waals surface area contributed by atoms with Crippen molar-refractivity contribution >= 4 is 17.5 Å². The summed E-state index contributed by atoms with van der Waals surface area (Å²) in [7, 11) is 0. The molecule has 2 unspecified atom stereocenters. The second-order valence-corrected chi connectivity index (χ2v) is 7.40. The molecule has 27 heavy (non-hydrogen) atoms. The molecular weight excluding hydrogens is 343 g/mol. The first-order valence-electron chi connectivity index (χ1n) is 9.52. The van der Waals surface area contributed by atoms with Crippen LogP contribution in [-0.2, 0) is 16.0 Å². The summed E-state index contributed by atoms with van der Waals surface area (Å²) in [6, 6.07) is 16.1. The number of rotatable bonds is 4. The summed E-state index contributed by atoms with van der Waals surface area (Å²) >= 11 is 0. The van der Waals surface area contributed by atoms with Crippen LogP contribution in [0.25, 0.3) is 0 Å². The normalized spacial score (nSPS) is 22.5. The van der Waals surface area contributed by atoms with Gasteiger partial charge >= 0.3 is 0 Å². The van der Waals surface area contributed by atoms with Crippen LogP contribution >= 0.6 is 0 Å². The van der Waals surface area contributed by atoms with Crippen LogP contribution in [0.3, 0.4) is 0 Å². The molecular formula is C22H23FN2O2. The van der Waals surface area contributed by atoms with E-state index in [-0.39, 0.29) is 36.0 Å². The lowest BCUT2D eigenvalue weighted by Crippen LogP contribution is -2.41. The highest BCUT2D eigenvalue weighted by atomic mass is 19.1. The maximum Gasteiger partial charge on any atom is 0.228 e. The van der Waals surface area contributed by atoms with E-state index in [0.717, 1.165) is 37.1 Å². The second kappa shape index (κ2) is 7.51. The maximum atomic E-state index is 13.1. The lowest BCUT2D eigenvalue weighted by molar-refractivity contribution is -0.136. The summed E-state index contributed by atoms with van der Waals surface area (Å²) in [4.78, 5) is 29.2. The third kappa shape index (κ3) is 3.72. The predicted octanol–water partition coefficient (Wildman–Crippen LogP) is 3.41. The lowest BCUT2D eigenvalue weighted by Gasteiger charge is -2.27. The summed E-state index contributed by atoms with van der Waals surface area (Å²) in [5.74, 6) is -0.449. The summed E-state index contributed by atoms with van der Waals surface area (Å²) in [5, 5.41) is 0. The summed E-state index contributed by atoms with van der Waals surface area (Å²) in [6.45, 7) is 1.18. The smallest absolute Gasteiger partial charge is 0.228 e. The standard InChI is InChI=1S/C22H23FN2O2/c23-18-10-8-16(9-11-18)13-20-7-4-12-24(20)22(27)17-14-21(26)25(15-17)19-5-2-1-3-6-19/h1-3,5-6,8-11,17,20H,4,7,12-15H2. The molecule has 0 radical (unpaired) electrons. The van der Waals surface area contributed by atoms with Gasteiger partial charge in [0.1, 0.15) is 5.82 Å². The van der Waals surface area contributed by atoms with Gasteiger partial charge in [-0.15, -0.1) is 0 Å². The molecule has 2 amide bonds. The van der Waals surface area contributed by atoms with Crippen molar-refractivity contribution < 1.29 is 14.0 Å². The minimum Gasteiger partial charge on any atom is -0.339 e. The van der Waals surface area contributed by atoms with Gasteiger partial charge in [0, 0.05) is 31.2 Å². The Kier molecular flexibility index (Phi) is 4.92. The molecule has 2 heterocycles. The van der Waals surface area contributed by atoms with Gasteiger partial charge in [-0.05, 0) is 49.1 Å². The highest BCUT2D eigenvalue weighted by Crippen LogP contribution is 2.29. The molecule has 2 saturated heterocycles. The van der Waals surface area contributed by atoms with Crippen molar-refractivity contribution in [1.29, 1.82) is 0 Å². The number of hydrogen-bond acceptors (Lipinski definition) is 2. The van der Waals surface area contributed by atoms with Crippen molar-refractivity contribution in [2.24, 2.45) is 5.92 Å². The van der Waals surface area contributed by atoms with Crippen LogP contribution in [0.2, 0.25) is 0 Å². The summed E-state index contributed by atoms with van der Waals surface area (Å²) < 4.78 is 13.1. The van der Waals surface area contributed by atoms with E-state index in [0.29, 0.717) is 6.54 Å². The fourth-order valence-corrected chi connectivity index (χ4v) is 4.20. The van der Waals surface area contributed by atoms with Gasteiger partial charge in [0.2, 0.25) is 11.8 Å². The third-order valence-electron chi connectivity index (χ3n) is 5.59. The first-order chi connectivity index (χ1) is 13.1. The zero-order valence-corrected chi connectivity index (χ0v) is 15.2. The van der Waals surface area contributed by atoms with Crippen LogP contribution in [0.15, 0.2) is 54.6 Å². The van der Waals surface area contributed by atoms with Crippen molar-refractivity contribution in [3.63, 3.8) is 0 Å². The Labute approximate surface area is 158 Å². The Hall–Kier alpha value is -2.69. The Balaban J connectivity index is 1.44. The number of likely N-dealkylation sites (tertiary alicyclic amines) is 1. The molecule has 5 heteroatoms. The van der Waals surface area contributed by atoms with Crippen LogP contribution in [0, 0.1) is 11.7 Å². The number of halogens is 1. The van der Waals surface area contributed by atoms with Gasteiger partial charge in [0.15, 0.2) is 0 Å². The van der Waals surface area contributed by atoms with Gasteiger partial charge in [-0.25, -0.2) is 4.39 Å². The van der Waals surface area contributed by atoms with Crippen molar-refractivity contribution in [3.05, 3.63) is 66.0 Å². The van der Waals surface area contributed by atoms with E-state index < -0.39 is 0 Å². The van der Waals surface area contributed by atoms with E-state index >= 15 is 0 Å². The van der Waals surface area contributed by atoms with E-state index in [1.807, 2.05) is 35.2 Å². The van der Waals surface area contributed by atoms with Gasteiger partial charge in [-0.3, -0.25) is 9.59 Å². The van der Waals surface area contributed by atoms with Crippen molar-refractivity contribution in [2.45, 2.75) is 31.7 Å². The summed E-state index contributed by atoms with van der Waals surface area (Å²) in [6.07, 6.45) is 2.93. The van der Waals surface area contributed by atoms with E-state index in [9.17, 15) is 14.0 Å². The Morgan fingerprint density at radius 3 is 2.56 bits per heavy atom. The number of benzene rings is 2. The molecule has 2 aromatic carbocycles. The largest absolute Gasteiger partial charge is 0.339 e. The molecule has 0 bridgehead atoms. The van der Waals surface area contributed by atoms with Crippen LogP contribution < -0.4 is 4.90 Å². The molecule has 0 aromatic heterocycles. The lowest BCUT2D eigenvalue weighted by atomic mass is 10.0. The Morgan fingerprint density at radius 1 is 1.07 bits per heavy atom. The topological polar surface area (TPSA) is 40.6 Å². The highest BCUT2D eigenvalue weighted by molar-refractivity contribution is 6.00. The van der Waals surface area contributed by atoms with Gasteiger partial charge in [-0.1, -0.05) is 30.3 Å². The molecule has 0 N–H and O–H groups in total. The zero-order valence-electron chi connectivity index (χ0n) is 15.2. The second-order valence-electron chi connectivity index (χ2n) is 7.40. The van der Waals surface area contributed by atoms with E-state index in [1.54, 1.807) is 17.0 Å². The quantitative estimate of drug-likeness (QED) is 0.832. The van der Waals surface area contributed by atoms with Crippen molar-refractivity contribution in [3.8, 4) is 0 Å². The first kappa shape index (κ1) is 17.7. The summed E-state index contributed by atoms with van der Waals surface area (Å²) in [5.41, 5.74) is 1.89. The minimum absolute atomic E-state index is 0.00818. The third-order valence-corrected chi connectivity index (χ3v) is 5.59. The number of carbonyl (C=O) groups is 2. The number of amides is 2. The monoisotopic (exact) mass is 366 g/mol. The fraction of sp³-hybridized carbons (Fsp3) is 0.364. The Bertz CT molecular complexity index is 822.